The number of Topliss-reactive ketones (excluding diaryl/α,β-unsaturated/α-hetero) is 1. The molecule has 10 heteroatoms. The quantitative estimate of drug-likeness (QED) is 0.515. The van der Waals surface area contributed by atoms with E-state index in [0.29, 0.717) is 34.0 Å². The van der Waals surface area contributed by atoms with Crippen LogP contribution in [0.5, 0.6) is 0 Å². The number of fused-ring (bicyclic) bond motifs is 2. The molecule has 2 heterocycles. The van der Waals surface area contributed by atoms with E-state index in [4.69, 9.17) is 27.9 Å². The van der Waals surface area contributed by atoms with Crippen molar-refractivity contribution < 1.29 is 19.1 Å². The molecular weight excluding hydrogens is 497 g/mol. The summed E-state index contributed by atoms with van der Waals surface area (Å²) < 4.78 is 6.58. The zero-order valence-electron chi connectivity index (χ0n) is 18.0. The molecule has 1 saturated heterocycles. The first kappa shape index (κ1) is 23.2. The zero-order chi connectivity index (χ0) is 23.9. The van der Waals surface area contributed by atoms with Gasteiger partial charge in [-0.2, -0.15) is 0 Å². The minimum atomic E-state index is -1.03. The van der Waals surface area contributed by atoms with Crippen molar-refractivity contribution in [1.82, 2.24) is 15.6 Å². The Kier molecular flexibility index (Phi) is 6.33. The molecule has 1 aromatic heterocycles. The van der Waals surface area contributed by atoms with Crippen molar-refractivity contribution in [1.29, 1.82) is 0 Å². The molecule has 3 unspecified atom stereocenters. The third-order valence-electron chi connectivity index (χ3n) is 6.48. The van der Waals surface area contributed by atoms with E-state index < -0.39 is 23.4 Å². The first-order chi connectivity index (χ1) is 16.4. The normalized spacial score (nSPS) is 22.5. The Morgan fingerprint density at radius 3 is 2.88 bits per heavy atom. The topological polar surface area (TPSA) is 97.4 Å². The highest BCUT2D eigenvalue weighted by molar-refractivity contribution is 7.16. The van der Waals surface area contributed by atoms with Crippen molar-refractivity contribution in [3.63, 3.8) is 0 Å². The van der Waals surface area contributed by atoms with Crippen LogP contribution in [0.15, 0.2) is 41.9 Å². The molecule has 5 rings (SSSR count). The third kappa shape index (κ3) is 4.31. The summed E-state index contributed by atoms with van der Waals surface area (Å²) in [7, 11) is 0. The largest absolute Gasteiger partial charge is 0.367 e. The highest BCUT2D eigenvalue weighted by atomic mass is 35.5. The summed E-state index contributed by atoms with van der Waals surface area (Å²) in [4.78, 5) is 43.5. The highest BCUT2D eigenvalue weighted by Gasteiger charge is 2.55. The predicted molar refractivity (Wildman–Crippen MR) is 131 cm³/mol. The second kappa shape index (κ2) is 9.26. The molecule has 7 nitrogen and oxygen atoms in total. The van der Waals surface area contributed by atoms with Crippen molar-refractivity contribution in [3.05, 3.63) is 63.1 Å². The van der Waals surface area contributed by atoms with Gasteiger partial charge in [-0.3, -0.25) is 14.4 Å². The van der Waals surface area contributed by atoms with Crippen LogP contribution in [0.25, 0.3) is 10.2 Å². The molecule has 1 saturated carbocycles. The molecule has 0 radical (unpaired) electrons. The van der Waals surface area contributed by atoms with Gasteiger partial charge in [-0.15, -0.1) is 11.3 Å². The molecule has 0 bridgehead atoms. The number of amides is 2. The molecule has 176 valence electrons. The lowest BCUT2D eigenvalue weighted by Gasteiger charge is -2.30. The fourth-order valence-corrected chi connectivity index (χ4v) is 5.67. The minimum Gasteiger partial charge on any atom is -0.367 e. The Labute approximate surface area is 209 Å². The summed E-state index contributed by atoms with van der Waals surface area (Å²) in [6.45, 7) is -0.0115. The Balaban J connectivity index is 1.41. The summed E-state index contributed by atoms with van der Waals surface area (Å²) in [5, 5.41) is 6.52. The number of rotatable bonds is 6. The van der Waals surface area contributed by atoms with Crippen LogP contribution >= 0.6 is 34.5 Å². The molecule has 2 amide bonds. The SMILES string of the molecule is O=C(NC(Cc1ccc(Cl)c(Cl)c1)C(=O)NC12CCCC1OCC2=O)c1ccc2scnc2c1. The molecule has 3 aromatic rings. The number of hydrogen-bond donors (Lipinski definition) is 2. The predicted octanol–water partition coefficient (Wildman–Crippen LogP) is 3.95. The van der Waals surface area contributed by atoms with Crippen molar-refractivity contribution in [2.75, 3.05) is 6.61 Å². The van der Waals surface area contributed by atoms with Crippen LogP contribution < -0.4 is 10.6 Å². The van der Waals surface area contributed by atoms with Crippen molar-refractivity contribution in [2.24, 2.45) is 0 Å². The van der Waals surface area contributed by atoms with Gasteiger partial charge >= 0.3 is 0 Å². The van der Waals surface area contributed by atoms with E-state index in [1.807, 2.05) is 6.07 Å². The second-order valence-electron chi connectivity index (χ2n) is 8.59. The molecule has 2 fully saturated rings. The van der Waals surface area contributed by atoms with Gasteiger partial charge < -0.3 is 15.4 Å². The summed E-state index contributed by atoms with van der Waals surface area (Å²) >= 11 is 13.7. The number of carbonyl (C=O) groups excluding carboxylic acids is 3. The summed E-state index contributed by atoms with van der Waals surface area (Å²) in [5.41, 5.74) is 2.51. The number of aromatic nitrogens is 1. The van der Waals surface area contributed by atoms with Crippen LogP contribution in [0.1, 0.15) is 35.2 Å². The van der Waals surface area contributed by atoms with Gasteiger partial charge in [0, 0.05) is 12.0 Å². The summed E-state index contributed by atoms with van der Waals surface area (Å²) in [5.74, 6) is -0.985. The standard InChI is InChI=1S/C24H21Cl2N3O4S/c25-15-5-3-13(8-16(15)26)9-18(23(32)29-24-7-1-2-21(24)33-11-20(24)30)28-22(31)14-4-6-19-17(10-14)27-12-34-19/h3-6,8,10,12,18,21H,1-2,7,9,11H2,(H,28,31)(H,29,32). The maximum absolute atomic E-state index is 13.5. The van der Waals surface area contributed by atoms with Crippen LogP contribution in [-0.2, 0) is 20.7 Å². The van der Waals surface area contributed by atoms with Crippen LogP contribution in [-0.4, -0.2) is 46.9 Å². The van der Waals surface area contributed by atoms with Gasteiger partial charge in [-0.1, -0.05) is 29.3 Å². The number of halogens is 2. The second-order valence-corrected chi connectivity index (χ2v) is 10.3. The molecular formula is C24H21Cl2N3O4S. The number of carbonyl (C=O) groups is 3. The lowest BCUT2D eigenvalue weighted by molar-refractivity contribution is -0.131. The van der Waals surface area contributed by atoms with Gasteiger partial charge in [0.2, 0.25) is 5.91 Å². The van der Waals surface area contributed by atoms with E-state index in [1.165, 1.54) is 11.3 Å². The third-order valence-corrected chi connectivity index (χ3v) is 8.03. The van der Waals surface area contributed by atoms with Gasteiger partial charge in [0.25, 0.3) is 5.91 Å². The number of thiazole rings is 1. The maximum atomic E-state index is 13.5. The van der Waals surface area contributed by atoms with Crippen LogP contribution in [0.4, 0.5) is 0 Å². The Morgan fingerprint density at radius 2 is 2.06 bits per heavy atom. The number of nitrogens with zero attached hydrogens (tertiary/aromatic N) is 1. The molecule has 2 aromatic carbocycles. The Morgan fingerprint density at radius 1 is 1.21 bits per heavy atom. The fourth-order valence-electron chi connectivity index (χ4n) is 4.70. The fraction of sp³-hybridized carbons (Fsp3) is 0.333. The van der Waals surface area contributed by atoms with E-state index in [9.17, 15) is 14.4 Å². The van der Waals surface area contributed by atoms with E-state index in [2.05, 4.69) is 15.6 Å². The minimum absolute atomic E-state index is 0.0115. The van der Waals surface area contributed by atoms with E-state index in [0.717, 1.165) is 16.7 Å². The zero-order valence-corrected chi connectivity index (χ0v) is 20.3. The Bertz CT molecular complexity index is 1300. The number of hydrogen-bond acceptors (Lipinski definition) is 6. The van der Waals surface area contributed by atoms with Crippen molar-refractivity contribution in [3.8, 4) is 0 Å². The van der Waals surface area contributed by atoms with Crippen molar-refractivity contribution in [2.45, 2.75) is 43.4 Å². The number of nitrogens with one attached hydrogen (secondary N) is 2. The monoisotopic (exact) mass is 517 g/mol. The van der Waals surface area contributed by atoms with Crippen LogP contribution in [0.3, 0.4) is 0 Å². The lowest BCUT2D eigenvalue weighted by atomic mass is 9.91. The molecule has 34 heavy (non-hydrogen) atoms. The smallest absolute Gasteiger partial charge is 0.252 e. The highest BCUT2D eigenvalue weighted by Crippen LogP contribution is 2.38. The van der Waals surface area contributed by atoms with Gasteiger partial charge in [0.1, 0.15) is 18.2 Å². The average Bonchev–Trinajstić information content (AvgIpc) is 3.52. The molecule has 2 N–H and O–H groups in total. The average molecular weight is 518 g/mol. The lowest BCUT2D eigenvalue weighted by Crippen LogP contribution is -2.60. The molecule has 3 atom stereocenters. The first-order valence-corrected chi connectivity index (χ1v) is 12.5. The Hall–Kier alpha value is -2.52. The summed E-state index contributed by atoms with van der Waals surface area (Å²) in [6, 6.07) is 9.33. The summed E-state index contributed by atoms with van der Waals surface area (Å²) in [6.07, 6.45) is 1.86. The van der Waals surface area contributed by atoms with Crippen molar-refractivity contribution >= 4 is 62.4 Å². The maximum Gasteiger partial charge on any atom is 0.252 e. The van der Waals surface area contributed by atoms with E-state index >= 15 is 0 Å². The molecule has 1 aliphatic heterocycles. The van der Waals surface area contributed by atoms with Crippen LogP contribution in [0.2, 0.25) is 10.0 Å². The van der Waals surface area contributed by atoms with E-state index in [-0.39, 0.29) is 24.9 Å². The number of ketones is 1. The van der Waals surface area contributed by atoms with E-state index in [1.54, 1.807) is 35.8 Å². The van der Waals surface area contributed by atoms with Crippen LogP contribution in [0, 0.1) is 0 Å². The van der Waals surface area contributed by atoms with Gasteiger partial charge in [0.05, 0.1) is 31.9 Å². The molecule has 2 aliphatic rings. The molecule has 0 spiro atoms. The van der Waals surface area contributed by atoms with Gasteiger partial charge in [-0.25, -0.2) is 4.98 Å². The number of ether oxygens (including phenoxy) is 1. The first-order valence-electron chi connectivity index (χ1n) is 10.9. The number of benzene rings is 2. The van der Waals surface area contributed by atoms with Gasteiger partial charge in [-0.05, 0) is 55.2 Å². The molecule has 1 aliphatic carbocycles. The van der Waals surface area contributed by atoms with Gasteiger partial charge in [0.15, 0.2) is 5.78 Å².